The summed E-state index contributed by atoms with van der Waals surface area (Å²) >= 11 is 6.04. The molecule has 2 N–H and O–H groups in total. The monoisotopic (exact) mass is 332 g/mol. The first-order valence-electron chi connectivity index (χ1n) is 7.12. The average molecular weight is 333 g/mol. The Morgan fingerprint density at radius 1 is 1.43 bits per heavy atom. The van der Waals surface area contributed by atoms with Crippen molar-refractivity contribution in [2.24, 2.45) is 5.92 Å². The van der Waals surface area contributed by atoms with Crippen LogP contribution in [0.5, 0.6) is 0 Å². The number of hydrogen-bond donors (Lipinski definition) is 2. The van der Waals surface area contributed by atoms with Crippen molar-refractivity contribution in [2.45, 2.75) is 31.2 Å². The van der Waals surface area contributed by atoms with E-state index in [1.807, 2.05) is 0 Å². The van der Waals surface area contributed by atoms with E-state index in [4.69, 9.17) is 11.6 Å². The zero-order valence-corrected chi connectivity index (χ0v) is 13.1. The quantitative estimate of drug-likeness (QED) is 0.893. The molecule has 1 aliphatic heterocycles. The minimum atomic E-state index is -0.308. The van der Waals surface area contributed by atoms with Crippen LogP contribution in [0.1, 0.15) is 30.7 Å². The largest absolute Gasteiger partial charge is 0.352 e. The van der Waals surface area contributed by atoms with Crippen LogP contribution >= 0.6 is 24.0 Å². The Morgan fingerprint density at radius 2 is 2.24 bits per heavy atom. The number of amides is 1. The fourth-order valence-electron chi connectivity index (χ4n) is 2.95. The standard InChI is InChI=1S/C15H18ClFN2O.ClH/c16-12-4-1-5-13(17)14(12)10-7-11(10)15(20)19-9-3-2-6-18-8-9;/h1,4-5,9-11,18H,2-3,6-8H2,(H,19,20);1H/t9-,10?,11?;/m0./s1. The molecule has 3 rings (SSSR count). The van der Waals surface area contributed by atoms with Crippen molar-refractivity contribution in [1.82, 2.24) is 10.6 Å². The van der Waals surface area contributed by atoms with Crippen LogP contribution < -0.4 is 10.6 Å². The Morgan fingerprint density at radius 3 is 2.90 bits per heavy atom. The molecule has 116 valence electrons. The van der Waals surface area contributed by atoms with Gasteiger partial charge in [0.25, 0.3) is 0 Å². The van der Waals surface area contributed by atoms with Gasteiger partial charge in [-0.2, -0.15) is 0 Å². The number of hydrogen-bond acceptors (Lipinski definition) is 2. The predicted octanol–water partition coefficient (Wildman–Crippen LogP) is 2.87. The molecule has 1 aromatic rings. The van der Waals surface area contributed by atoms with Gasteiger partial charge in [0, 0.05) is 35.0 Å². The second-order valence-electron chi connectivity index (χ2n) is 5.64. The molecule has 0 radical (unpaired) electrons. The summed E-state index contributed by atoms with van der Waals surface area (Å²) in [5.74, 6) is -0.480. The highest BCUT2D eigenvalue weighted by molar-refractivity contribution is 6.31. The number of carbonyl (C=O) groups is 1. The van der Waals surface area contributed by atoms with E-state index in [0.29, 0.717) is 17.0 Å². The Labute approximate surface area is 135 Å². The van der Waals surface area contributed by atoms with Crippen LogP contribution in [0.4, 0.5) is 4.39 Å². The molecule has 21 heavy (non-hydrogen) atoms. The fraction of sp³-hybridized carbons (Fsp3) is 0.533. The molecule has 6 heteroatoms. The van der Waals surface area contributed by atoms with Crippen LogP contribution in [0.25, 0.3) is 0 Å². The molecule has 1 aliphatic carbocycles. The highest BCUT2D eigenvalue weighted by atomic mass is 35.5. The van der Waals surface area contributed by atoms with Gasteiger partial charge in [0.05, 0.1) is 0 Å². The summed E-state index contributed by atoms with van der Waals surface area (Å²) in [6.45, 7) is 1.84. The summed E-state index contributed by atoms with van der Waals surface area (Å²) in [5.41, 5.74) is 0.496. The molecule has 1 saturated heterocycles. The molecular weight excluding hydrogens is 314 g/mol. The molecular formula is C15H19Cl2FN2O. The van der Waals surface area contributed by atoms with Gasteiger partial charge in [-0.3, -0.25) is 4.79 Å². The third kappa shape index (κ3) is 3.68. The Kier molecular flexibility index (Phi) is 5.47. The lowest BCUT2D eigenvalue weighted by Crippen LogP contribution is -2.46. The summed E-state index contributed by atoms with van der Waals surface area (Å²) < 4.78 is 13.8. The molecule has 1 heterocycles. The van der Waals surface area contributed by atoms with Gasteiger partial charge in [-0.15, -0.1) is 12.4 Å². The van der Waals surface area contributed by atoms with Crippen molar-refractivity contribution < 1.29 is 9.18 Å². The maximum atomic E-state index is 13.8. The Hall–Kier alpha value is -0.840. The van der Waals surface area contributed by atoms with Crippen molar-refractivity contribution in [2.75, 3.05) is 13.1 Å². The number of benzene rings is 1. The van der Waals surface area contributed by atoms with Crippen molar-refractivity contribution in [1.29, 1.82) is 0 Å². The highest BCUT2D eigenvalue weighted by Gasteiger charge is 2.46. The average Bonchev–Trinajstić information content (AvgIpc) is 3.20. The van der Waals surface area contributed by atoms with Crippen LogP contribution in [-0.2, 0) is 4.79 Å². The van der Waals surface area contributed by atoms with E-state index in [-0.39, 0.29) is 42.0 Å². The topological polar surface area (TPSA) is 41.1 Å². The Bertz CT molecular complexity index is 500. The Balaban J connectivity index is 0.00000161. The smallest absolute Gasteiger partial charge is 0.224 e. The van der Waals surface area contributed by atoms with E-state index in [1.165, 1.54) is 6.07 Å². The van der Waals surface area contributed by atoms with E-state index >= 15 is 0 Å². The van der Waals surface area contributed by atoms with Crippen LogP contribution in [0.2, 0.25) is 5.02 Å². The summed E-state index contributed by atoms with van der Waals surface area (Å²) in [7, 11) is 0. The van der Waals surface area contributed by atoms with Crippen molar-refractivity contribution in [3.05, 3.63) is 34.6 Å². The number of nitrogens with one attached hydrogen (secondary N) is 2. The number of piperidine rings is 1. The van der Waals surface area contributed by atoms with Gasteiger partial charge in [-0.1, -0.05) is 17.7 Å². The molecule has 3 atom stereocenters. The van der Waals surface area contributed by atoms with Crippen LogP contribution in [0.15, 0.2) is 18.2 Å². The second-order valence-corrected chi connectivity index (χ2v) is 6.04. The lowest BCUT2D eigenvalue weighted by Gasteiger charge is -2.23. The minimum absolute atomic E-state index is 0. The molecule has 3 nitrogen and oxygen atoms in total. The van der Waals surface area contributed by atoms with Crippen molar-refractivity contribution in [3.8, 4) is 0 Å². The van der Waals surface area contributed by atoms with Gasteiger partial charge in [0.15, 0.2) is 0 Å². The number of rotatable bonds is 3. The van der Waals surface area contributed by atoms with Gasteiger partial charge in [-0.05, 0) is 37.9 Å². The summed E-state index contributed by atoms with van der Waals surface area (Å²) in [4.78, 5) is 12.2. The fourth-order valence-corrected chi connectivity index (χ4v) is 3.26. The van der Waals surface area contributed by atoms with Gasteiger partial charge < -0.3 is 10.6 Å². The summed E-state index contributed by atoms with van der Waals surface area (Å²) in [5, 5.41) is 6.74. The van der Waals surface area contributed by atoms with Gasteiger partial charge in [-0.25, -0.2) is 4.39 Å². The first kappa shape index (κ1) is 16.5. The first-order chi connectivity index (χ1) is 9.66. The minimum Gasteiger partial charge on any atom is -0.352 e. The van der Waals surface area contributed by atoms with Gasteiger partial charge in [0.2, 0.25) is 5.91 Å². The lowest BCUT2D eigenvalue weighted by atomic mass is 10.1. The van der Waals surface area contributed by atoms with Gasteiger partial charge >= 0.3 is 0 Å². The number of carbonyl (C=O) groups excluding carboxylic acids is 1. The highest BCUT2D eigenvalue weighted by Crippen LogP contribution is 2.50. The molecule has 0 bridgehead atoms. The third-order valence-corrected chi connectivity index (χ3v) is 4.47. The van der Waals surface area contributed by atoms with Crippen LogP contribution in [0.3, 0.4) is 0 Å². The number of halogens is 3. The van der Waals surface area contributed by atoms with E-state index in [9.17, 15) is 9.18 Å². The maximum Gasteiger partial charge on any atom is 0.224 e. The predicted molar refractivity (Wildman–Crippen MR) is 83.5 cm³/mol. The molecule has 0 spiro atoms. The molecule has 1 aromatic carbocycles. The van der Waals surface area contributed by atoms with E-state index < -0.39 is 0 Å². The summed E-state index contributed by atoms with van der Waals surface area (Å²) in [6.07, 6.45) is 2.78. The third-order valence-electron chi connectivity index (χ3n) is 4.14. The van der Waals surface area contributed by atoms with Crippen LogP contribution in [0, 0.1) is 11.7 Å². The maximum absolute atomic E-state index is 13.8. The molecule has 1 saturated carbocycles. The van der Waals surface area contributed by atoms with Crippen molar-refractivity contribution >= 4 is 29.9 Å². The molecule has 1 amide bonds. The molecule has 2 fully saturated rings. The zero-order valence-electron chi connectivity index (χ0n) is 11.6. The first-order valence-corrected chi connectivity index (χ1v) is 7.49. The molecule has 2 aliphatic rings. The van der Waals surface area contributed by atoms with E-state index in [0.717, 1.165) is 25.9 Å². The van der Waals surface area contributed by atoms with E-state index in [1.54, 1.807) is 12.1 Å². The second kappa shape index (κ2) is 6.95. The summed E-state index contributed by atoms with van der Waals surface area (Å²) in [6, 6.07) is 4.87. The lowest BCUT2D eigenvalue weighted by molar-refractivity contribution is -0.123. The zero-order chi connectivity index (χ0) is 14.1. The normalized spacial score (nSPS) is 27.6. The van der Waals surface area contributed by atoms with Crippen LogP contribution in [-0.4, -0.2) is 25.0 Å². The molecule has 0 aromatic heterocycles. The van der Waals surface area contributed by atoms with E-state index in [2.05, 4.69) is 10.6 Å². The van der Waals surface area contributed by atoms with Gasteiger partial charge in [0.1, 0.15) is 5.82 Å². The van der Waals surface area contributed by atoms with Crippen molar-refractivity contribution in [3.63, 3.8) is 0 Å². The molecule has 2 unspecified atom stereocenters. The SMILES string of the molecule is Cl.O=C(N[C@H]1CCCNC1)C1CC1c1c(F)cccc1Cl.